The van der Waals surface area contributed by atoms with E-state index in [4.69, 9.17) is 0 Å². The summed E-state index contributed by atoms with van der Waals surface area (Å²) in [6.07, 6.45) is 0. The second kappa shape index (κ2) is 2.46. The first-order chi connectivity index (χ1) is 4.61. The van der Waals surface area contributed by atoms with Gasteiger partial charge in [-0.3, -0.25) is 0 Å². The number of nitrogens with one attached hydrogen (secondary N) is 1. The molecule has 0 aliphatic rings. The third-order valence-corrected chi connectivity index (χ3v) is 1.43. The Morgan fingerprint density at radius 3 is 2.60 bits per heavy atom. The van der Waals surface area contributed by atoms with Gasteiger partial charge in [0, 0.05) is 5.56 Å². The normalized spacial score (nSPS) is 9.90. The van der Waals surface area contributed by atoms with Crippen LogP contribution in [0.1, 0.15) is 5.56 Å². The lowest BCUT2D eigenvalue weighted by molar-refractivity contribution is 0.547. The van der Waals surface area contributed by atoms with Crippen molar-refractivity contribution in [2.45, 2.75) is 6.92 Å². The van der Waals surface area contributed by atoms with Gasteiger partial charge in [0.25, 0.3) is 0 Å². The molecule has 0 unspecified atom stereocenters. The molecule has 10 heavy (non-hydrogen) atoms. The lowest BCUT2D eigenvalue weighted by atomic mass is 10.3. The standard InChI is InChI=1S/C6H5F2NS/c1-3-2-4(7)6(10)9-5(3)8/h2H,1H3,(H,9,10). The van der Waals surface area contributed by atoms with Gasteiger partial charge in [-0.2, -0.15) is 4.39 Å². The van der Waals surface area contributed by atoms with Crippen LogP contribution in [0.4, 0.5) is 8.78 Å². The highest BCUT2D eigenvalue weighted by molar-refractivity contribution is 7.71. The zero-order chi connectivity index (χ0) is 7.72. The molecule has 0 aliphatic heterocycles. The van der Waals surface area contributed by atoms with E-state index in [9.17, 15) is 8.78 Å². The number of H-pyrrole nitrogens is 1. The van der Waals surface area contributed by atoms with Gasteiger partial charge < -0.3 is 4.98 Å². The van der Waals surface area contributed by atoms with Gasteiger partial charge in [0.15, 0.2) is 11.8 Å². The van der Waals surface area contributed by atoms with Crippen molar-refractivity contribution in [3.05, 3.63) is 28.0 Å². The van der Waals surface area contributed by atoms with Crippen LogP contribution < -0.4 is 0 Å². The largest absolute Gasteiger partial charge is 0.320 e. The number of halogens is 2. The average molecular weight is 161 g/mol. The van der Waals surface area contributed by atoms with Crippen LogP contribution in [0.3, 0.4) is 0 Å². The Morgan fingerprint density at radius 1 is 1.50 bits per heavy atom. The molecular formula is C6H5F2NS. The Kier molecular flexibility index (Phi) is 1.80. The second-order valence-corrected chi connectivity index (χ2v) is 2.35. The summed E-state index contributed by atoms with van der Waals surface area (Å²) in [6, 6.07) is 1.06. The first-order valence-electron chi connectivity index (χ1n) is 2.66. The summed E-state index contributed by atoms with van der Waals surface area (Å²) in [7, 11) is 0. The number of aryl methyl sites for hydroxylation is 1. The summed E-state index contributed by atoms with van der Waals surface area (Å²) in [5.74, 6) is -1.17. The van der Waals surface area contributed by atoms with Gasteiger partial charge in [0.1, 0.15) is 4.64 Å². The van der Waals surface area contributed by atoms with E-state index in [-0.39, 0.29) is 10.2 Å². The van der Waals surface area contributed by atoms with E-state index in [1.54, 1.807) is 0 Å². The van der Waals surface area contributed by atoms with Crippen LogP contribution in [-0.2, 0) is 0 Å². The summed E-state index contributed by atoms with van der Waals surface area (Å²) in [6.45, 7) is 1.46. The molecule has 1 aromatic heterocycles. The molecule has 4 heteroatoms. The number of aromatic amines is 1. The molecule has 1 heterocycles. The molecule has 0 saturated heterocycles. The Labute approximate surface area is 61.7 Å². The van der Waals surface area contributed by atoms with Crippen LogP contribution in [0.2, 0.25) is 0 Å². The molecule has 0 amide bonds. The fourth-order valence-corrected chi connectivity index (χ4v) is 0.725. The van der Waals surface area contributed by atoms with E-state index < -0.39 is 11.8 Å². The highest BCUT2D eigenvalue weighted by Crippen LogP contribution is 2.05. The van der Waals surface area contributed by atoms with Crippen molar-refractivity contribution in [1.29, 1.82) is 0 Å². The van der Waals surface area contributed by atoms with Crippen LogP contribution in [0.25, 0.3) is 0 Å². The molecule has 54 valence electrons. The van der Waals surface area contributed by atoms with E-state index in [1.807, 2.05) is 0 Å². The molecule has 0 aliphatic carbocycles. The van der Waals surface area contributed by atoms with E-state index in [0.29, 0.717) is 0 Å². The molecule has 0 radical (unpaired) electrons. The Hall–Kier alpha value is -0.770. The number of hydrogen-bond acceptors (Lipinski definition) is 1. The number of rotatable bonds is 0. The van der Waals surface area contributed by atoms with Crippen LogP contribution >= 0.6 is 12.2 Å². The van der Waals surface area contributed by atoms with Gasteiger partial charge in [-0.15, -0.1) is 0 Å². The van der Waals surface area contributed by atoms with Gasteiger partial charge in [0.05, 0.1) is 0 Å². The van der Waals surface area contributed by atoms with Crippen molar-refractivity contribution in [3.8, 4) is 0 Å². The van der Waals surface area contributed by atoms with Gasteiger partial charge in [-0.05, 0) is 13.0 Å². The van der Waals surface area contributed by atoms with E-state index in [0.717, 1.165) is 6.07 Å². The van der Waals surface area contributed by atoms with E-state index in [1.165, 1.54) is 6.92 Å². The second-order valence-electron chi connectivity index (χ2n) is 1.94. The molecule has 0 aromatic carbocycles. The van der Waals surface area contributed by atoms with Crippen LogP contribution in [0.15, 0.2) is 6.07 Å². The van der Waals surface area contributed by atoms with Gasteiger partial charge in [-0.1, -0.05) is 12.2 Å². The molecular weight excluding hydrogens is 156 g/mol. The fourth-order valence-electron chi connectivity index (χ4n) is 0.577. The highest BCUT2D eigenvalue weighted by Gasteiger charge is 1.99. The SMILES string of the molecule is Cc1cc(F)c(=S)[nH]c1F. The molecule has 0 bridgehead atoms. The molecule has 1 nitrogen and oxygen atoms in total. The number of aromatic nitrogens is 1. The van der Waals surface area contributed by atoms with Crippen LogP contribution in [0, 0.1) is 23.3 Å². The minimum absolute atomic E-state index is 0.192. The van der Waals surface area contributed by atoms with Crippen LogP contribution in [0.5, 0.6) is 0 Å². The summed E-state index contributed by atoms with van der Waals surface area (Å²) >= 11 is 4.43. The first-order valence-corrected chi connectivity index (χ1v) is 3.07. The molecule has 1 rings (SSSR count). The monoisotopic (exact) mass is 161 g/mol. The maximum Gasteiger partial charge on any atom is 0.195 e. The van der Waals surface area contributed by atoms with Gasteiger partial charge >= 0.3 is 0 Å². The highest BCUT2D eigenvalue weighted by atomic mass is 32.1. The molecule has 0 spiro atoms. The molecule has 0 fully saturated rings. The quantitative estimate of drug-likeness (QED) is 0.456. The first kappa shape index (κ1) is 7.34. The molecule has 1 N–H and O–H groups in total. The Balaban J connectivity index is 3.43. The van der Waals surface area contributed by atoms with Crippen molar-refractivity contribution in [2.24, 2.45) is 0 Å². The third kappa shape index (κ3) is 1.21. The van der Waals surface area contributed by atoms with Crippen molar-refractivity contribution in [3.63, 3.8) is 0 Å². The van der Waals surface area contributed by atoms with E-state index >= 15 is 0 Å². The summed E-state index contributed by atoms with van der Waals surface area (Å²) in [4.78, 5) is 2.08. The van der Waals surface area contributed by atoms with Crippen molar-refractivity contribution in [2.75, 3.05) is 0 Å². The Morgan fingerprint density at radius 2 is 2.10 bits per heavy atom. The van der Waals surface area contributed by atoms with Crippen molar-refractivity contribution < 1.29 is 8.78 Å². The zero-order valence-corrected chi connectivity index (χ0v) is 6.06. The summed E-state index contributed by atoms with van der Waals surface area (Å²) in [5.41, 5.74) is 0.228. The van der Waals surface area contributed by atoms with Gasteiger partial charge in [-0.25, -0.2) is 4.39 Å². The van der Waals surface area contributed by atoms with Crippen molar-refractivity contribution >= 4 is 12.2 Å². The third-order valence-electron chi connectivity index (χ3n) is 1.13. The predicted octanol–water partition coefficient (Wildman–Crippen LogP) is 2.33. The average Bonchev–Trinajstić information content (AvgIpc) is 1.84. The number of pyridine rings is 1. The predicted molar refractivity (Wildman–Crippen MR) is 36.3 cm³/mol. The lowest BCUT2D eigenvalue weighted by Gasteiger charge is -1.94. The maximum atomic E-state index is 12.5. The zero-order valence-electron chi connectivity index (χ0n) is 5.24. The number of hydrogen-bond donors (Lipinski definition) is 1. The van der Waals surface area contributed by atoms with E-state index in [2.05, 4.69) is 17.2 Å². The Bertz CT molecular complexity index is 305. The summed E-state index contributed by atoms with van der Waals surface area (Å²) in [5, 5.41) is 0. The maximum absolute atomic E-state index is 12.5. The fraction of sp³-hybridized carbons (Fsp3) is 0.167. The minimum atomic E-state index is -0.589. The topological polar surface area (TPSA) is 15.8 Å². The van der Waals surface area contributed by atoms with Gasteiger partial charge in [0.2, 0.25) is 0 Å². The minimum Gasteiger partial charge on any atom is -0.320 e. The van der Waals surface area contributed by atoms with Crippen LogP contribution in [-0.4, -0.2) is 4.98 Å². The smallest absolute Gasteiger partial charge is 0.195 e. The van der Waals surface area contributed by atoms with Crippen molar-refractivity contribution in [1.82, 2.24) is 4.98 Å². The lowest BCUT2D eigenvalue weighted by Crippen LogP contribution is -1.90. The summed E-state index contributed by atoms with van der Waals surface area (Å²) < 4.78 is 24.7. The molecule has 0 saturated carbocycles. The molecule has 1 aromatic rings. The molecule has 0 atom stereocenters.